The summed E-state index contributed by atoms with van der Waals surface area (Å²) in [6.45, 7) is 2.32. The van der Waals surface area contributed by atoms with Crippen molar-refractivity contribution in [3.63, 3.8) is 0 Å². The van der Waals surface area contributed by atoms with E-state index in [9.17, 15) is 19.8 Å². The van der Waals surface area contributed by atoms with E-state index in [4.69, 9.17) is 0 Å². The van der Waals surface area contributed by atoms with Gasteiger partial charge in [-0.25, -0.2) is 4.79 Å². The van der Waals surface area contributed by atoms with Gasteiger partial charge in [-0.2, -0.15) is 0 Å². The summed E-state index contributed by atoms with van der Waals surface area (Å²) in [7, 11) is 0. The number of carbonyl (C=O) groups is 2. The van der Waals surface area contributed by atoms with Gasteiger partial charge in [0.15, 0.2) is 0 Å². The number of fused-ring (bicyclic) bond motifs is 1. The van der Waals surface area contributed by atoms with E-state index in [1.165, 1.54) is 9.78 Å². The van der Waals surface area contributed by atoms with Gasteiger partial charge in [-0.3, -0.25) is 4.79 Å². The number of thiophene rings is 1. The summed E-state index contributed by atoms with van der Waals surface area (Å²) in [5.74, 6) is -0.650. The van der Waals surface area contributed by atoms with Gasteiger partial charge in [0.25, 0.3) is 5.91 Å². The fourth-order valence-electron chi connectivity index (χ4n) is 3.28. The van der Waals surface area contributed by atoms with Crippen LogP contribution in [0.5, 0.6) is 0 Å². The van der Waals surface area contributed by atoms with Crippen molar-refractivity contribution in [2.45, 2.75) is 44.8 Å². The fourth-order valence-corrected chi connectivity index (χ4v) is 4.52. The highest BCUT2D eigenvalue weighted by atomic mass is 32.1. The lowest BCUT2D eigenvalue weighted by Gasteiger charge is -2.23. The number of aliphatic hydroxyl groups is 1. The molecule has 3 rings (SSSR count). The number of likely N-dealkylation sites (tertiary alicyclic amines) is 1. The van der Waals surface area contributed by atoms with Gasteiger partial charge in [-0.1, -0.05) is 6.92 Å². The number of β-amino-alcohol motifs (C(OH)–C–C–N with tert-alkyl or cyclic N) is 1. The molecule has 1 aliphatic carbocycles. The van der Waals surface area contributed by atoms with Gasteiger partial charge in [-0.15, -0.1) is 11.3 Å². The molecule has 1 aromatic heterocycles. The number of aliphatic hydroxyl groups excluding tert-OH is 1. The molecule has 1 fully saturated rings. The first-order chi connectivity index (χ1) is 9.97. The van der Waals surface area contributed by atoms with Crippen LogP contribution in [0, 0.1) is 5.92 Å². The zero-order valence-corrected chi connectivity index (χ0v) is 12.7. The van der Waals surface area contributed by atoms with Crippen LogP contribution in [0.2, 0.25) is 0 Å². The van der Waals surface area contributed by atoms with Gasteiger partial charge in [0, 0.05) is 23.2 Å². The van der Waals surface area contributed by atoms with Crippen LogP contribution in [-0.4, -0.2) is 45.7 Å². The Morgan fingerprint density at radius 2 is 2.19 bits per heavy atom. The smallest absolute Gasteiger partial charge is 0.326 e. The molecule has 6 heteroatoms. The Labute approximate surface area is 127 Å². The Balaban J connectivity index is 1.87. The van der Waals surface area contributed by atoms with Gasteiger partial charge in [0.05, 0.1) is 11.7 Å². The largest absolute Gasteiger partial charge is 0.480 e. The van der Waals surface area contributed by atoms with E-state index < -0.39 is 18.1 Å². The van der Waals surface area contributed by atoms with E-state index in [1.807, 2.05) is 5.38 Å². The first kappa shape index (κ1) is 14.5. The van der Waals surface area contributed by atoms with Gasteiger partial charge in [0.2, 0.25) is 0 Å². The van der Waals surface area contributed by atoms with Crippen LogP contribution in [0.1, 0.15) is 40.6 Å². The Bertz CT molecular complexity index is 582. The van der Waals surface area contributed by atoms with Crippen molar-refractivity contribution in [3.8, 4) is 0 Å². The average Bonchev–Trinajstić information content (AvgIpc) is 3.01. The average molecular weight is 309 g/mol. The van der Waals surface area contributed by atoms with E-state index >= 15 is 0 Å². The topological polar surface area (TPSA) is 77.8 Å². The maximum atomic E-state index is 12.7. The van der Waals surface area contributed by atoms with Gasteiger partial charge in [0.1, 0.15) is 6.04 Å². The van der Waals surface area contributed by atoms with Crippen LogP contribution in [0.4, 0.5) is 0 Å². The summed E-state index contributed by atoms with van der Waals surface area (Å²) >= 11 is 1.60. The number of carboxylic acids is 1. The number of nitrogens with zero attached hydrogens (tertiary/aromatic N) is 1. The molecule has 1 saturated heterocycles. The van der Waals surface area contributed by atoms with Crippen LogP contribution >= 0.6 is 11.3 Å². The van der Waals surface area contributed by atoms with E-state index in [-0.39, 0.29) is 18.9 Å². The lowest BCUT2D eigenvalue weighted by Crippen LogP contribution is -2.40. The molecule has 1 aromatic rings. The summed E-state index contributed by atoms with van der Waals surface area (Å²) in [6.07, 6.45) is 2.32. The number of aliphatic carboxylic acids is 1. The Kier molecular flexibility index (Phi) is 3.75. The second-order valence-electron chi connectivity index (χ2n) is 6.10. The normalized spacial score (nSPS) is 28.5. The monoisotopic (exact) mass is 309 g/mol. The summed E-state index contributed by atoms with van der Waals surface area (Å²) < 4.78 is 0. The van der Waals surface area contributed by atoms with E-state index in [0.717, 1.165) is 24.8 Å². The van der Waals surface area contributed by atoms with Gasteiger partial charge >= 0.3 is 5.97 Å². The lowest BCUT2D eigenvalue weighted by molar-refractivity contribution is -0.141. The van der Waals surface area contributed by atoms with Crippen LogP contribution in [0.15, 0.2) is 5.38 Å². The minimum absolute atomic E-state index is 0.108. The standard InChI is InChI=1S/C15H19NO4S/c1-8-2-3-10-11(7-21-13(10)4-8)14(18)16-6-9(17)5-12(16)15(19)20/h7-9,12,17H,2-6H2,1H3,(H,19,20)/t8?,9-,12+/m1/s1. The van der Waals surface area contributed by atoms with Crippen LogP contribution in [0.25, 0.3) is 0 Å². The van der Waals surface area contributed by atoms with Crippen molar-refractivity contribution in [3.05, 3.63) is 21.4 Å². The molecule has 1 unspecified atom stereocenters. The van der Waals surface area contributed by atoms with E-state index in [2.05, 4.69) is 6.92 Å². The maximum absolute atomic E-state index is 12.7. The van der Waals surface area contributed by atoms with Crippen molar-refractivity contribution in [1.29, 1.82) is 0 Å². The van der Waals surface area contributed by atoms with Crippen molar-refractivity contribution in [2.24, 2.45) is 5.92 Å². The van der Waals surface area contributed by atoms with E-state index in [1.54, 1.807) is 11.3 Å². The van der Waals surface area contributed by atoms with Gasteiger partial charge in [-0.05, 0) is 30.7 Å². The Hall–Kier alpha value is -1.40. The summed E-state index contributed by atoms with van der Waals surface area (Å²) in [4.78, 5) is 26.5. The molecule has 0 radical (unpaired) electrons. The number of amides is 1. The molecule has 1 aliphatic heterocycles. The van der Waals surface area contributed by atoms with Crippen molar-refractivity contribution in [1.82, 2.24) is 4.90 Å². The molecule has 0 aromatic carbocycles. The third-order valence-electron chi connectivity index (χ3n) is 4.46. The summed E-state index contributed by atoms with van der Waals surface area (Å²) in [5.41, 5.74) is 1.73. The van der Waals surface area contributed by atoms with Crippen LogP contribution in [0.3, 0.4) is 0 Å². The molecule has 5 nitrogen and oxygen atoms in total. The third kappa shape index (κ3) is 2.58. The summed E-state index contributed by atoms with van der Waals surface area (Å²) in [6, 6.07) is -0.912. The molecule has 0 saturated carbocycles. The number of carboxylic acid groups (broad SMARTS) is 1. The summed E-state index contributed by atoms with van der Waals surface area (Å²) in [5, 5.41) is 20.8. The second kappa shape index (κ2) is 5.42. The van der Waals surface area contributed by atoms with Gasteiger partial charge < -0.3 is 15.1 Å². The zero-order chi connectivity index (χ0) is 15.1. The number of carbonyl (C=O) groups excluding carboxylic acids is 1. The van der Waals surface area contributed by atoms with Crippen molar-refractivity contribution >= 4 is 23.2 Å². The molecule has 21 heavy (non-hydrogen) atoms. The minimum atomic E-state index is -1.04. The minimum Gasteiger partial charge on any atom is -0.480 e. The number of hydrogen-bond donors (Lipinski definition) is 2. The van der Waals surface area contributed by atoms with Crippen molar-refractivity contribution in [2.75, 3.05) is 6.54 Å². The maximum Gasteiger partial charge on any atom is 0.326 e. The number of rotatable bonds is 2. The first-order valence-corrected chi connectivity index (χ1v) is 8.16. The highest BCUT2D eigenvalue weighted by Crippen LogP contribution is 2.34. The predicted octanol–water partition coefficient (Wildman–Crippen LogP) is 1.53. The molecular formula is C15H19NO4S. The van der Waals surface area contributed by atoms with Crippen LogP contribution < -0.4 is 0 Å². The van der Waals surface area contributed by atoms with Crippen molar-refractivity contribution < 1.29 is 19.8 Å². The quantitative estimate of drug-likeness (QED) is 0.868. The highest BCUT2D eigenvalue weighted by Gasteiger charge is 2.40. The highest BCUT2D eigenvalue weighted by molar-refractivity contribution is 7.10. The predicted molar refractivity (Wildman–Crippen MR) is 78.6 cm³/mol. The fraction of sp³-hybridized carbons (Fsp3) is 0.600. The lowest BCUT2D eigenvalue weighted by atomic mass is 9.88. The Morgan fingerprint density at radius 1 is 1.43 bits per heavy atom. The molecule has 114 valence electrons. The number of hydrogen-bond acceptors (Lipinski definition) is 4. The third-order valence-corrected chi connectivity index (χ3v) is 5.51. The SMILES string of the molecule is CC1CCc2c(C(=O)N3C[C@H](O)C[C@H]3C(=O)O)csc2C1. The Morgan fingerprint density at radius 3 is 2.90 bits per heavy atom. The molecular weight excluding hydrogens is 290 g/mol. The molecule has 0 spiro atoms. The molecule has 2 aliphatic rings. The van der Waals surface area contributed by atoms with E-state index in [0.29, 0.717) is 11.5 Å². The molecule has 2 heterocycles. The van der Waals surface area contributed by atoms with Crippen LogP contribution in [-0.2, 0) is 17.6 Å². The molecule has 0 bridgehead atoms. The first-order valence-electron chi connectivity index (χ1n) is 7.28. The zero-order valence-electron chi connectivity index (χ0n) is 11.9. The second-order valence-corrected chi connectivity index (χ2v) is 7.06. The molecule has 3 atom stereocenters. The molecule has 1 amide bonds. The molecule has 2 N–H and O–H groups in total.